The molecule has 5 nitrogen and oxygen atoms in total. The van der Waals surface area contributed by atoms with E-state index >= 15 is 0 Å². The maximum Gasteiger partial charge on any atom is 0.128 e. The van der Waals surface area contributed by atoms with Crippen molar-refractivity contribution in [2.45, 2.75) is 51.2 Å². The highest BCUT2D eigenvalue weighted by Gasteiger charge is 2.50. The summed E-state index contributed by atoms with van der Waals surface area (Å²) in [6, 6.07) is 7.96. The Morgan fingerprint density at radius 2 is 2.00 bits per heavy atom. The number of aromatic nitrogens is 2. The van der Waals surface area contributed by atoms with Crippen molar-refractivity contribution < 1.29 is 9.84 Å². The predicted octanol–water partition coefficient (Wildman–Crippen LogP) is 3.56. The Morgan fingerprint density at radius 1 is 1.21 bits per heavy atom. The van der Waals surface area contributed by atoms with E-state index in [1.54, 1.807) is 7.11 Å². The Morgan fingerprint density at radius 3 is 2.75 bits per heavy atom. The molecular weight excluding hydrogens is 350 g/mol. The Kier molecular flexibility index (Phi) is 5.65. The van der Waals surface area contributed by atoms with Gasteiger partial charge < -0.3 is 9.84 Å². The number of nitrogens with zero attached hydrogens (tertiary/aromatic N) is 3. The minimum atomic E-state index is -0.814. The highest BCUT2D eigenvalue weighted by molar-refractivity contribution is 5.39. The fourth-order valence-electron chi connectivity index (χ4n) is 5.15. The Hall–Kier alpha value is -1.98. The van der Waals surface area contributed by atoms with Crippen LogP contribution in [0.15, 0.2) is 36.7 Å². The summed E-state index contributed by atoms with van der Waals surface area (Å²) in [5.41, 5.74) is 1.28. The fourth-order valence-corrected chi connectivity index (χ4v) is 5.15. The summed E-state index contributed by atoms with van der Waals surface area (Å²) < 4.78 is 5.58. The van der Waals surface area contributed by atoms with E-state index in [0.717, 1.165) is 68.0 Å². The van der Waals surface area contributed by atoms with Crippen molar-refractivity contribution in [1.29, 1.82) is 0 Å². The van der Waals surface area contributed by atoms with Crippen LogP contribution < -0.4 is 4.74 Å². The first-order valence-electron chi connectivity index (χ1n) is 10.5. The molecule has 3 unspecified atom stereocenters. The fraction of sp³-hybridized carbons (Fsp3) is 0.565. The molecule has 1 saturated carbocycles. The molecule has 1 aromatic heterocycles. The van der Waals surface area contributed by atoms with E-state index in [0.29, 0.717) is 5.92 Å². The lowest BCUT2D eigenvalue weighted by molar-refractivity contribution is -0.0662. The summed E-state index contributed by atoms with van der Waals surface area (Å²) in [5.74, 6) is 2.47. The van der Waals surface area contributed by atoms with Crippen LogP contribution in [-0.2, 0) is 18.6 Å². The lowest BCUT2D eigenvalue weighted by Crippen LogP contribution is -2.43. The van der Waals surface area contributed by atoms with E-state index < -0.39 is 5.60 Å². The quantitative estimate of drug-likeness (QED) is 0.829. The Labute approximate surface area is 167 Å². The zero-order valence-electron chi connectivity index (χ0n) is 17.0. The van der Waals surface area contributed by atoms with Crippen LogP contribution in [0.1, 0.15) is 49.6 Å². The highest BCUT2D eigenvalue weighted by atomic mass is 16.5. The van der Waals surface area contributed by atoms with Gasteiger partial charge in [-0.1, -0.05) is 25.1 Å². The summed E-state index contributed by atoms with van der Waals surface area (Å²) in [6.07, 6.45) is 8.97. The standard InChI is InChI=1S/C23H31N3O2/c1-3-7-22-24-12-17(13-25-22)14-26-15-18-8-6-11-23(27,20(18)16-26)19-9-4-5-10-21(19)28-2/h4-5,9-10,12-13,18,20,27H,3,6-8,11,14-16H2,1-2H3. The maximum atomic E-state index is 11.8. The van der Waals surface area contributed by atoms with E-state index in [2.05, 4.69) is 21.8 Å². The molecule has 0 spiro atoms. The van der Waals surface area contributed by atoms with Gasteiger partial charge in [0.15, 0.2) is 0 Å². The number of methoxy groups -OCH3 is 1. The van der Waals surface area contributed by atoms with Gasteiger partial charge in [0.05, 0.1) is 12.7 Å². The first kappa shape index (κ1) is 19.3. The predicted molar refractivity (Wildman–Crippen MR) is 109 cm³/mol. The van der Waals surface area contributed by atoms with E-state index in [1.165, 1.54) is 6.42 Å². The molecule has 1 aliphatic carbocycles. The maximum absolute atomic E-state index is 11.8. The van der Waals surface area contributed by atoms with Crippen molar-refractivity contribution in [3.8, 4) is 5.75 Å². The summed E-state index contributed by atoms with van der Waals surface area (Å²) in [4.78, 5) is 11.5. The molecule has 3 atom stereocenters. The minimum absolute atomic E-state index is 0.234. The lowest BCUT2D eigenvalue weighted by atomic mass is 9.67. The second kappa shape index (κ2) is 8.18. The summed E-state index contributed by atoms with van der Waals surface area (Å²) >= 11 is 0. The number of hydrogen-bond donors (Lipinski definition) is 1. The third-order valence-electron chi connectivity index (χ3n) is 6.47. The number of aliphatic hydroxyl groups is 1. The number of benzene rings is 1. The van der Waals surface area contributed by atoms with Crippen LogP contribution in [-0.4, -0.2) is 40.2 Å². The van der Waals surface area contributed by atoms with E-state index in [4.69, 9.17) is 4.74 Å². The van der Waals surface area contributed by atoms with Crippen LogP contribution in [0.3, 0.4) is 0 Å². The highest BCUT2D eigenvalue weighted by Crippen LogP contribution is 2.50. The van der Waals surface area contributed by atoms with Crippen molar-refractivity contribution in [3.63, 3.8) is 0 Å². The average Bonchev–Trinajstić information content (AvgIpc) is 3.14. The van der Waals surface area contributed by atoms with Crippen LogP contribution in [0, 0.1) is 11.8 Å². The largest absolute Gasteiger partial charge is 0.496 e. The van der Waals surface area contributed by atoms with Gasteiger partial charge in [0, 0.05) is 55.5 Å². The normalized spacial score (nSPS) is 27.5. The van der Waals surface area contributed by atoms with E-state index in [-0.39, 0.29) is 5.92 Å². The van der Waals surface area contributed by atoms with Gasteiger partial charge >= 0.3 is 0 Å². The number of rotatable bonds is 6. The smallest absolute Gasteiger partial charge is 0.128 e. The lowest BCUT2D eigenvalue weighted by Gasteiger charge is -2.42. The molecule has 150 valence electrons. The third-order valence-corrected chi connectivity index (χ3v) is 6.47. The number of aryl methyl sites for hydroxylation is 1. The van der Waals surface area contributed by atoms with Crippen molar-refractivity contribution in [1.82, 2.24) is 14.9 Å². The third kappa shape index (κ3) is 3.65. The Bertz CT molecular complexity index is 795. The van der Waals surface area contributed by atoms with Crippen molar-refractivity contribution in [3.05, 3.63) is 53.6 Å². The molecule has 2 heterocycles. The Balaban J connectivity index is 1.51. The number of para-hydroxylation sites is 1. The molecule has 0 bridgehead atoms. The molecule has 4 rings (SSSR count). The summed E-state index contributed by atoms with van der Waals surface area (Å²) in [7, 11) is 1.69. The second-order valence-corrected chi connectivity index (χ2v) is 8.33. The van der Waals surface area contributed by atoms with E-state index in [1.807, 2.05) is 36.7 Å². The van der Waals surface area contributed by atoms with Gasteiger partial charge in [-0.2, -0.15) is 0 Å². The van der Waals surface area contributed by atoms with Crippen LogP contribution in [0.5, 0.6) is 5.75 Å². The van der Waals surface area contributed by atoms with E-state index in [9.17, 15) is 5.11 Å². The summed E-state index contributed by atoms with van der Waals surface area (Å²) in [6.45, 7) is 4.92. The van der Waals surface area contributed by atoms with Crippen LogP contribution >= 0.6 is 0 Å². The summed E-state index contributed by atoms with van der Waals surface area (Å²) in [5, 5.41) is 11.8. The molecule has 0 radical (unpaired) electrons. The number of ether oxygens (including phenoxy) is 1. The van der Waals surface area contributed by atoms with Crippen LogP contribution in [0.4, 0.5) is 0 Å². The molecule has 28 heavy (non-hydrogen) atoms. The molecule has 2 aromatic rings. The van der Waals surface area contributed by atoms with Crippen LogP contribution in [0.2, 0.25) is 0 Å². The molecular formula is C23H31N3O2. The molecule has 0 amide bonds. The first-order valence-corrected chi connectivity index (χ1v) is 10.5. The zero-order valence-corrected chi connectivity index (χ0v) is 17.0. The van der Waals surface area contributed by atoms with Crippen molar-refractivity contribution in [2.75, 3.05) is 20.2 Å². The topological polar surface area (TPSA) is 58.5 Å². The molecule has 2 fully saturated rings. The zero-order chi connectivity index (χ0) is 19.6. The molecule has 1 aromatic carbocycles. The number of fused-ring (bicyclic) bond motifs is 1. The average molecular weight is 382 g/mol. The van der Waals surface area contributed by atoms with Crippen molar-refractivity contribution >= 4 is 0 Å². The first-order chi connectivity index (χ1) is 13.6. The molecule has 1 aliphatic heterocycles. The molecule has 1 saturated heterocycles. The monoisotopic (exact) mass is 381 g/mol. The van der Waals surface area contributed by atoms with Gasteiger partial charge in [0.2, 0.25) is 0 Å². The van der Waals surface area contributed by atoms with Gasteiger partial charge in [-0.3, -0.25) is 4.90 Å². The second-order valence-electron chi connectivity index (χ2n) is 8.33. The van der Waals surface area contributed by atoms with Gasteiger partial charge in [-0.25, -0.2) is 9.97 Å². The van der Waals surface area contributed by atoms with Gasteiger partial charge in [-0.15, -0.1) is 0 Å². The molecule has 1 N–H and O–H groups in total. The van der Waals surface area contributed by atoms with Gasteiger partial charge in [-0.05, 0) is 37.7 Å². The SMILES string of the molecule is CCCc1ncc(CN2CC3CCCC(O)(c4ccccc4OC)C3C2)cn1. The number of hydrogen-bond acceptors (Lipinski definition) is 5. The van der Waals surface area contributed by atoms with Crippen LogP contribution in [0.25, 0.3) is 0 Å². The van der Waals surface area contributed by atoms with Crippen molar-refractivity contribution in [2.24, 2.45) is 11.8 Å². The van der Waals surface area contributed by atoms with Gasteiger partial charge in [0.1, 0.15) is 11.6 Å². The molecule has 5 heteroatoms. The minimum Gasteiger partial charge on any atom is -0.496 e. The number of likely N-dealkylation sites (tertiary alicyclic amines) is 1. The molecule has 2 aliphatic rings. The van der Waals surface area contributed by atoms with Gasteiger partial charge in [0.25, 0.3) is 0 Å².